The van der Waals surface area contributed by atoms with Gasteiger partial charge in [-0.3, -0.25) is 0 Å². The first-order valence-electron chi connectivity index (χ1n) is 6.43. The molecule has 0 aromatic heterocycles. The van der Waals surface area contributed by atoms with E-state index in [2.05, 4.69) is 12.2 Å². The summed E-state index contributed by atoms with van der Waals surface area (Å²) in [7, 11) is 0. The normalized spacial score (nSPS) is 16.3. The molecule has 0 unspecified atom stereocenters. The predicted octanol–water partition coefficient (Wildman–Crippen LogP) is 2.96. The highest BCUT2D eigenvalue weighted by molar-refractivity contribution is 5.94. The van der Waals surface area contributed by atoms with Crippen LogP contribution in [0, 0.1) is 5.41 Å². The largest absolute Gasteiger partial charge is 0.478 e. The van der Waals surface area contributed by atoms with Gasteiger partial charge in [0.15, 0.2) is 0 Å². The maximum absolute atomic E-state index is 10.8. The van der Waals surface area contributed by atoms with Crippen LogP contribution in [0.3, 0.4) is 0 Å². The standard InChI is InChI=1S/C14H20N2O2/c1-2-5-14(6-7-14)9-16-10-3-4-11(13(17)18)12(15)8-10/h3-4,8,16H,2,5-7,9,15H2,1H3,(H,17,18). The summed E-state index contributed by atoms with van der Waals surface area (Å²) in [6.07, 6.45) is 5.04. The van der Waals surface area contributed by atoms with Crippen LogP contribution < -0.4 is 11.1 Å². The van der Waals surface area contributed by atoms with Gasteiger partial charge in [0.2, 0.25) is 0 Å². The van der Waals surface area contributed by atoms with Gasteiger partial charge in [-0.1, -0.05) is 13.3 Å². The average Bonchev–Trinajstić information content (AvgIpc) is 3.07. The van der Waals surface area contributed by atoms with Gasteiger partial charge in [-0.15, -0.1) is 0 Å². The molecule has 1 aliphatic carbocycles. The minimum absolute atomic E-state index is 0.162. The summed E-state index contributed by atoms with van der Waals surface area (Å²) >= 11 is 0. The van der Waals surface area contributed by atoms with Gasteiger partial charge in [0.05, 0.1) is 5.56 Å². The summed E-state index contributed by atoms with van der Waals surface area (Å²) in [5.41, 5.74) is 7.56. The van der Waals surface area contributed by atoms with Crippen molar-refractivity contribution >= 4 is 17.3 Å². The van der Waals surface area contributed by atoms with E-state index in [9.17, 15) is 4.79 Å². The van der Waals surface area contributed by atoms with Gasteiger partial charge >= 0.3 is 5.97 Å². The van der Waals surface area contributed by atoms with Crippen LogP contribution in [0.2, 0.25) is 0 Å². The average molecular weight is 248 g/mol. The van der Waals surface area contributed by atoms with Crippen LogP contribution in [-0.4, -0.2) is 17.6 Å². The zero-order chi connectivity index (χ0) is 13.2. The Bertz CT molecular complexity index is 453. The Morgan fingerprint density at radius 3 is 2.72 bits per heavy atom. The molecule has 2 rings (SSSR count). The van der Waals surface area contributed by atoms with Gasteiger partial charge in [-0.05, 0) is 42.9 Å². The van der Waals surface area contributed by atoms with Gasteiger partial charge < -0.3 is 16.2 Å². The van der Waals surface area contributed by atoms with Crippen LogP contribution in [0.15, 0.2) is 18.2 Å². The number of hydrogen-bond acceptors (Lipinski definition) is 3. The van der Waals surface area contributed by atoms with Crippen molar-refractivity contribution in [3.05, 3.63) is 23.8 Å². The Balaban J connectivity index is 1.98. The first kappa shape index (κ1) is 12.7. The highest BCUT2D eigenvalue weighted by Gasteiger charge is 2.40. The quantitative estimate of drug-likeness (QED) is 0.676. The molecule has 0 heterocycles. The lowest BCUT2D eigenvalue weighted by Crippen LogP contribution is -2.15. The molecule has 4 nitrogen and oxygen atoms in total. The van der Waals surface area contributed by atoms with E-state index in [-0.39, 0.29) is 5.56 Å². The molecule has 4 heteroatoms. The third kappa shape index (κ3) is 2.75. The highest BCUT2D eigenvalue weighted by Crippen LogP contribution is 2.49. The fraction of sp³-hybridized carbons (Fsp3) is 0.500. The smallest absolute Gasteiger partial charge is 0.337 e. The number of anilines is 2. The first-order valence-corrected chi connectivity index (χ1v) is 6.43. The second-order valence-electron chi connectivity index (χ2n) is 5.21. The van der Waals surface area contributed by atoms with Crippen LogP contribution in [0.1, 0.15) is 43.0 Å². The fourth-order valence-electron chi connectivity index (χ4n) is 2.38. The molecule has 0 spiro atoms. The first-order chi connectivity index (χ1) is 8.56. The Labute approximate surface area is 107 Å². The van der Waals surface area contributed by atoms with E-state index in [1.54, 1.807) is 18.2 Å². The molecule has 0 atom stereocenters. The summed E-state index contributed by atoms with van der Waals surface area (Å²) in [4.78, 5) is 10.8. The van der Waals surface area contributed by atoms with E-state index < -0.39 is 5.97 Å². The lowest BCUT2D eigenvalue weighted by molar-refractivity contribution is 0.0698. The van der Waals surface area contributed by atoms with Crippen molar-refractivity contribution in [1.82, 2.24) is 0 Å². The number of nitrogen functional groups attached to an aromatic ring is 1. The molecule has 0 radical (unpaired) electrons. The molecule has 18 heavy (non-hydrogen) atoms. The monoisotopic (exact) mass is 248 g/mol. The maximum atomic E-state index is 10.8. The predicted molar refractivity (Wildman–Crippen MR) is 72.9 cm³/mol. The van der Waals surface area contributed by atoms with Crippen molar-refractivity contribution < 1.29 is 9.90 Å². The van der Waals surface area contributed by atoms with E-state index >= 15 is 0 Å². The summed E-state index contributed by atoms with van der Waals surface area (Å²) < 4.78 is 0. The Kier molecular flexibility index (Phi) is 3.45. The minimum atomic E-state index is -0.983. The topological polar surface area (TPSA) is 75.3 Å². The van der Waals surface area contributed by atoms with Crippen molar-refractivity contribution in [2.24, 2.45) is 5.41 Å². The van der Waals surface area contributed by atoms with Gasteiger partial charge in [0.1, 0.15) is 0 Å². The zero-order valence-electron chi connectivity index (χ0n) is 10.7. The van der Waals surface area contributed by atoms with Gasteiger partial charge in [-0.2, -0.15) is 0 Å². The van der Waals surface area contributed by atoms with Crippen LogP contribution >= 0.6 is 0 Å². The van der Waals surface area contributed by atoms with E-state index in [1.807, 2.05) is 0 Å². The van der Waals surface area contributed by atoms with Gasteiger partial charge in [0, 0.05) is 17.9 Å². The van der Waals surface area contributed by atoms with E-state index in [0.29, 0.717) is 11.1 Å². The SMILES string of the molecule is CCCC1(CNc2ccc(C(=O)O)c(N)c2)CC1. The molecule has 1 aliphatic rings. The second kappa shape index (κ2) is 4.88. The van der Waals surface area contributed by atoms with E-state index in [0.717, 1.165) is 12.2 Å². The van der Waals surface area contributed by atoms with Crippen LogP contribution in [0.5, 0.6) is 0 Å². The molecule has 0 bridgehead atoms. The number of hydrogen-bond donors (Lipinski definition) is 3. The molecular weight excluding hydrogens is 228 g/mol. The number of carbonyl (C=O) groups is 1. The lowest BCUT2D eigenvalue weighted by atomic mass is 10.0. The summed E-state index contributed by atoms with van der Waals surface area (Å²) in [6, 6.07) is 5.03. The fourth-order valence-corrected chi connectivity index (χ4v) is 2.38. The lowest BCUT2D eigenvalue weighted by Gasteiger charge is -2.16. The Morgan fingerprint density at radius 1 is 1.50 bits per heavy atom. The second-order valence-corrected chi connectivity index (χ2v) is 5.21. The van der Waals surface area contributed by atoms with Crippen LogP contribution in [-0.2, 0) is 0 Å². The molecular formula is C14H20N2O2. The van der Waals surface area contributed by atoms with Crippen LogP contribution in [0.25, 0.3) is 0 Å². The van der Waals surface area contributed by atoms with Crippen molar-refractivity contribution in [1.29, 1.82) is 0 Å². The number of carboxylic acid groups (broad SMARTS) is 1. The molecule has 0 amide bonds. The van der Waals surface area contributed by atoms with Crippen molar-refractivity contribution in [2.45, 2.75) is 32.6 Å². The minimum Gasteiger partial charge on any atom is -0.478 e. The van der Waals surface area contributed by atoms with Crippen LogP contribution in [0.4, 0.5) is 11.4 Å². The third-order valence-electron chi connectivity index (χ3n) is 3.69. The molecule has 1 fully saturated rings. The molecule has 4 N–H and O–H groups in total. The molecule has 98 valence electrons. The van der Waals surface area contributed by atoms with E-state index in [1.165, 1.54) is 25.7 Å². The highest BCUT2D eigenvalue weighted by atomic mass is 16.4. The summed E-state index contributed by atoms with van der Waals surface area (Å²) in [5.74, 6) is -0.983. The zero-order valence-corrected chi connectivity index (χ0v) is 10.7. The van der Waals surface area contributed by atoms with Crippen molar-refractivity contribution in [3.8, 4) is 0 Å². The molecule has 1 saturated carbocycles. The molecule has 1 aromatic rings. The van der Waals surface area contributed by atoms with Gasteiger partial charge in [0.25, 0.3) is 0 Å². The Hall–Kier alpha value is -1.71. The summed E-state index contributed by atoms with van der Waals surface area (Å²) in [6.45, 7) is 3.16. The molecule has 0 aliphatic heterocycles. The number of benzene rings is 1. The maximum Gasteiger partial charge on any atom is 0.337 e. The number of rotatable bonds is 6. The van der Waals surface area contributed by atoms with Crippen molar-refractivity contribution in [3.63, 3.8) is 0 Å². The van der Waals surface area contributed by atoms with Gasteiger partial charge in [-0.25, -0.2) is 4.79 Å². The number of nitrogens with one attached hydrogen (secondary N) is 1. The van der Waals surface area contributed by atoms with E-state index in [4.69, 9.17) is 10.8 Å². The number of nitrogens with two attached hydrogens (primary N) is 1. The third-order valence-corrected chi connectivity index (χ3v) is 3.69. The molecule has 0 saturated heterocycles. The summed E-state index contributed by atoms with van der Waals surface area (Å²) in [5, 5.41) is 12.3. The number of carboxylic acids is 1. The van der Waals surface area contributed by atoms with Crippen molar-refractivity contribution in [2.75, 3.05) is 17.6 Å². The number of aromatic carboxylic acids is 1. The molecule has 1 aromatic carbocycles. The Morgan fingerprint density at radius 2 is 2.22 bits per heavy atom.